The first-order chi connectivity index (χ1) is 15.0. The number of hydrogen-bond donors (Lipinski definition) is 0. The third-order valence-electron chi connectivity index (χ3n) is 6.19. The standard InChI is InChI=1S/C25H28N6/c1-17-6-5-7-21(13-17)30-11-10-29(15-20(30)4)24-22-14-28-31(25(22)27-16-26-24)23-9-8-18(2)12-19(23)3/h5-9,12-14,16,20H,10-11,15H2,1-4H3/t20-/m1/s1. The maximum absolute atomic E-state index is 4.68. The second kappa shape index (κ2) is 7.69. The molecule has 6 nitrogen and oxygen atoms in total. The van der Waals surface area contributed by atoms with Crippen LogP contribution >= 0.6 is 0 Å². The van der Waals surface area contributed by atoms with Crippen LogP contribution in [0.3, 0.4) is 0 Å². The van der Waals surface area contributed by atoms with Crippen LogP contribution in [-0.2, 0) is 0 Å². The van der Waals surface area contributed by atoms with Crippen LogP contribution < -0.4 is 9.80 Å². The number of aromatic nitrogens is 4. The highest BCUT2D eigenvalue weighted by Crippen LogP contribution is 2.29. The number of hydrogen-bond acceptors (Lipinski definition) is 5. The van der Waals surface area contributed by atoms with Crippen LogP contribution in [0.4, 0.5) is 11.5 Å². The van der Waals surface area contributed by atoms with E-state index in [2.05, 4.69) is 95.0 Å². The van der Waals surface area contributed by atoms with Crippen molar-refractivity contribution < 1.29 is 0 Å². The molecule has 3 heterocycles. The summed E-state index contributed by atoms with van der Waals surface area (Å²) in [6.45, 7) is 11.4. The molecule has 158 valence electrons. The molecule has 0 N–H and O–H groups in total. The zero-order valence-electron chi connectivity index (χ0n) is 18.6. The average Bonchev–Trinajstić information content (AvgIpc) is 3.18. The smallest absolute Gasteiger partial charge is 0.168 e. The van der Waals surface area contributed by atoms with Gasteiger partial charge in [-0.1, -0.05) is 29.8 Å². The maximum Gasteiger partial charge on any atom is 0.168 e. The van der Waals surface area contributed by atoms with Crippen molar-refractivity contribution in [1.29, 1.82) is 0 Å². The SMILES string of the molecule is Cc1cccc(N2CCN(c3ncnc4c3cnn4-c3ccc(C)cc3C)C[C@H]2C)c1. The Kier molecular flexibility index (Phi) is 4.85. The first-order valence-corrected chi connectivity index (χ1v) is 10.9. The van der Waals surface area contributed by atoms with E-state index in [0.29, 0.717) is 6.04 Å². The topological polar surface area (TPSA) is 50.1 Å². The molecule has 0 amide bonds. The molecule has 0 bridgehead atoms. The summed E-state index contributed by atoms with van der Waals surface area (Å²) in [5, 5.41) is 5.68. The van der Waals surface area contributed by atoms with E-state index in [4.69, 9.17) is 0 Å². The van der Waals surface area contributed by atoms with E-state index in [1.807, 2.05) is 10.9 Å². The fraction of sp³-hybridized carbons (Fsp3) is 0.320. The summed E-state index contributed by atoms with van der Waals surface area (Å²) in [6, 6.07) is 15.5. The van der Waals surface area contributed by atoms with Gasteiger partial charge in [0.05, 0.1) is 17.3 Å². The van der Waals surface area contributed by atoms with E-state index >= 15 is 0 Å². The van der Waals surface area contributed by atoms with Gasteiger partial charge in [0.25, 0.3) is 0 Å². The van der Waals surface area contributed by atoms with Gasteiger partial charge < -0.3 is 9.80 Å². The molecule has 0 spiro atoms. The molecule has 1 aliphatic rings. The lowest BCUT2D eigenvalue weighted by atomic mass is 10.1. The Bertz CT molecular complexity index is 1240. The molecule has 1 aliphatic heterocycles. The second-order valence-corrected chi connectivity index (χ2v) is 8.61. The van der Waals surface area contributed by atoms with Crippen molar-refractivity contribution in [3.8, 4) is 5.69 Å². The van der Waals surface area contributed by atoms with E-state index in [1.165, 1.54) is 22.4 Å². The Morgan fingerprint density at radius 1 is 0.935 bits per heavy atom. The van der Waals surface area contributed by atoms with Crippen molar-refractivity contribution in [3.05, 3.63) is 71.7 Å². The van der Waals surface area contributed by atoms with Gasteiger partial charge in [-0.05, 0) is 57.0 Å². The number of anilines is 2. The van der Waals surface area contributed by atoms with Gasteiger partial charge in [0.2, 0.25) is 0 Å². The van der Waals surface area contributed by atoms with Gasteiger partial charge >= 0.3 is 0 Å². The van der Waals surface area contributed by atoms with Crippen molar-refractivity contribution in [2.24, 2.45) is 0 Å². The van der Waals surface area contributed by atoms with E-state index < -0.39 is 0 Å². The quantitative estimate of drug-likeness (QED) is 0.497. The molecule has 1 saturated heterocycles. The molecule has 4 aromatic rings. The molecule has 1 fully saturated rings. The molecule has 0 radical (unpaired) electrons. The molecule has 6 heteroatoms. The van der Waals surface area contributed by atoms with Crippen LogP contribution in [0.25, 0.3) is 16.7 Å². The Labute approximate surface area is 183 Å². The van der Waals surface area contributed by atoms with Gasteiger partial charge in [0.1, 0.15) is 12.1 Å². The molecule has 5 rings (SSSR count). The Morgan fingerprint density at radius 3 is 2.55 bits per heavy atom. The first-order valence-electron chi connectivity index (χ1n) is 10.9. The number of fused-ring (bicyclic) bond motifs is 1. The normalized spacial score (nSPS) is 16.8. The Balaban J connectivity index is 1.46. The summed E-state index contributed by atoms with van der Waals surface area (Å²) in [4.78, 5) is 14.1. The first kappa shape index (κ1) is 19.5. The number of piperazine rings is 1. The highest BCUT2D eigenvalue weighted by atomic mass is 15.3. The minimum Gasteiger partial charge on any atom is -0.365 e. The third-order valence-corrected chi connectivity index (χ3v) is 6.19. The second-order valence-electron chi connectivity index (χ2n) is 8.61. The highest BCUT2D eigenvalue weighted by Gasteiger charge is 2.26. The predicted octanol–water partition coefficient (Wildman–Crippen LogP) is 4.46. The summed E-state index contributed by atoms with van der Waals surface area (Å²) in [7, 11) is 0. The molecule has 0 aliphatic carbocycles. The van der Waals surface area contributed by atoms with Crippen molar-refractivity contribution >= 4 is 22.5 Å². The van der Waals surface area contributed by atoms with Crippen LogP contribution in [0.1, 0.15) is 23.6 Å². The molecule has 1 atom stereocenters. The monoisotopic (exact) mass is 412 g/mol. The number of benzene rings is 2. The number of aryl methyl sites for hydroxylation is 3. The van der Waals surface area contributed by atoms with Crippen molar-refractivity contribution in [2.75, 3.05) is 29.4 Å². The van der Waals surface area contributed by atoms with Crippen LogP contribution in [0, 0.1) is 20.8 Å². The Morgan fingerprint density at radius 2 is 1.77 bits per heavy atom. The van der Waals surface area contributed by atoms with Crippen LogP contribution in [-0.4, -0.2) is 45.4 Å². The van der Waals surface area contributed by atoms with E-state index in [-0.39, 0.29) is 0 Å². The van der Waals surface area contributed by atoms with Gasteiger partial charge in [-0.3, -0.25) is 0 Å². The van der Waals surface area contributed by atoms with Gasteiger partial charge in [-0.2, -0.15) is 5.10 Å². The molecular weight excluding hydrogens is 384 g/mol. The lowest BCUT2D eigenvalue weighted by Gasteiger charge is -2.42. The number of nitrogens with zero attached hydrogens (tertiary/aromatic N) is 6. The van der Waals surface area contributed by atoms with Gasteiger partial charge in [0, 0.05) is 31.4 Å². The predicted molar refractivity (Wildman–Crippen MR) is 126 cm³/mol. The van der Waals surface area contributed by atoms with Crippen LogP contribution in [0.2, 0.25) is 0 Å². The minimum absolute atomic E-state index is 0.384. The maximum atomic E-state index is 4.68. The summed E-state index contributed by atoms with van der Waals surface area (Å²) >= 11 is 0. The summed E-state index contributed by atoms with van der Waals surface area (Å²) in [6.07, 6.45) is 3.57. The largest absolute Gasteiger partial charge is 0.365 e. The third kappa shape index (κ3) is 3.52. The fourth-order valence-electron chi connectivity index (χ4n) is 4.64. The van der Waals surface area contributed by atoms with E-state index in [9.17, 15) is 0 Å². The molecule has 31 heavy (non-hydrogen) atoms. The molecule has 2 aromatic carbocycles. The van der Waals surface area contributed by atoms with Crippen molar-refractivity contribution in [2.45, 2.75) is 33.7 Å². The zero-order valence-corrected chi connectivity index (χ0v) is 18.6. The summed E-state index contributed by atoms with van der Waals surface area (Å²) in [5.74, 6) is 0.969. The van der Waals surface area contributed by atoms with E-state index in [1.54, 1.807) is 6.33 Å². The van der Waals surface area contributed by atoms with Gasteiger partial charge in [-0.15, -0.1) is 0 Å². The summed E-state index contributed by atoms with van der Waals surface area (Å²) in [5.41, 5.74) is 6.93. The van der Waals surface area contributed by atoms with Crippen molar-refractivity contribution in [1.82, 2.24) is 19.7 Å². The van der Waals surface area contributed by atoms with E-state index in [0.717, 1.165) is 42.2 Å². The number of rotatable bonds is 3. The zero-order chi connectivity index (χ0) is 21.5. The fourth-order valence-corrected chi connectivity index (χ4v) is 4.64. The highest BCUT2D eigenvalue weighted by molar-refractivity contribution is 5.88. The lowest BCUT2D eigenvalue weighted by molar-refractivity contribution is 0.548. The van der Waals surface area contributed by atoms with Crippen LogP contribution in [0.5, 0.6) is 0 Å². The average molecular weight is 413 g/mol. The molecule has 0 unspecified atom stereocenters. The minimum atomic E-state index is 0.384. The molecular formula is C25H28N6. The van der Waals surface area contributed by atoms with Crippen LogP contribution in [0.15, 0.2) is 55.0 Å². The van der Waals surface area contributed by atoms with Crippen molar-refractivity contribution in [3.63, 3.8) is 0 Å². The Hall–Kier alpha value is -3.41. The molecule has 2 aromatic heterocycles. The van der Waals surface area contributed by atoms with Gasteiger partial charge in [0.15, 0.2) is 5.65 Å². The van der Waals surface area contributed by atoms with Gasteiger partial charge in [-0.25, -0.2) is 14.6 Å². The molecule has 0 saturated carbocycles. The lowest BCUT2D eigenvalue weighted by Crippen LogP contribution is -2.52. The summed E-state index contributed by atoms with van der Waals surface area (Å²) < 4.78 is 1.93.